The zero-order valence-corrected chi connectivity index (χ0v) is 27.8. The highest BCUT2D eigenvalue weighted by Crippen LogP contribution is 2.30. The first-order valence-electron chi connectivity index (χ1n) is 15.6. The number of hydrogen-bond acceptors (Lipinski definition) is 7. The molecule has 1 aliphatic rings. The van der Waals surface area contributed by atoms with Crippen molar-refractivity contribution in [3.8, 4) is 0 Å². The number of hydrogen-bond donors (Lipinski definition) is 2. The van der Waals surface area contributed by atoms with E-state index in [-0.39, 0.29) is 28.8 Å². The SMILES string of the molecule is CCc1ccc(NC(=O)COC(=O)c2ccc(/C=C3\N=C(SCC(=O)Nc4ccc(CC)cc4)N(c4ccc(C)cc4)C3=O)cc2)cc1. The molecule has 48 heavy (non-hydrogen) atoms. The molecule has 5 rings (SSSR count). The van der Waals surface area contributed by atoms with E-state index in [0.29, 0.717) is 27.8 Å². The summed E-state index contributed by atoms with van der Waals surface area (Å²) in [5.41, 5.74) is 6.41. The van der Waals surface area contributed by atoms with E-state index in [4.69, 9.17) is 4.74 Å². The van der Waals surface area contributed by atoms with E-state index in [9.17, 15) is 19.2 Å². The molecule has 1 aliphatic heterocycles. The summed E-state index contributed by atoms with van der Waals surface area (Å²) >= 11 is 1.17. The third-order valence-electron chi connectivity index (χ3n) is 7.53. The molecule has 10 heteroatoms. The quantitative estimate of drug-likeness (QED) is 0.132. The summed E-state index contributed by atoms with van der Waals surface area (Å²) in [5.74, 6) is -1.59. The smallest absolute Gasteiger partial charge is 0.338 e. The molecule has 0 saturated carbocycles. The summed E-state index contributed by atoms with van der Waals surface area (Å²) in [4.78, 5) is 57.3. The van der Waals surface area contributed by atoms with Crippen molar-refractivity contribution in [1.82, 2.24) is 0 Å². The Morgan fingerprint density at radius 3 is 1.90 bits per heavy atom. The Morgan fingerprint density at radius 2 is 1.33 bits per heavy atom. The largest absolute Gasteiger partial charge is 0.452 e. The van der Waals surface area contributed by atoms with Crippen LogP contribution in [-0.2, 0) is 32.0 Å². The molecule has 0 radical (unpaired) electrons. The summed E-state index contributed by atoms with van der Waals surface area (Å²) in [6.07, 6.45) is 3.43. The number of ether oxygens (including phenoxy) is 1. The van der Waals surface area contributed by atoms with Crippen molar-refractivity contribution in [2.45, 2.75) is 33.6 Å². The number of aliphatic imine (C=N–C) groups is 1. The van der Waals surface area contributed by atoms with Gasteiger partial charge in [0.1, 0.15) is 5.70 Å². The van der Waals surface area contributed by atoms with Crippen molar-refractivity contribution in [2.75, 3.05) is 27.9 Å². The van der Waals surface area contributed by atoms with Crippen LogP contribution >= 0.6 is 11.8 Å². The van der Waals surface area contributed by atoms with Crippen LogP contribution < -0.4 is 15.5 Å². The third kappa shape index (κ3) is 8.86. The second kappa shape index (κ2) is 15.9. The molecule has 0 fully saturated rings. The van der Waals surface area contributed by atoms with Crippen LogP contribution in [0.5, 0.6) is 0 Å². The predicted molar refractivity (Wildman–Crippen MR) is 192 cm³/mol. The number of esters is 1. The lowest BCUT2D eigenvalue weighted by atomic mass is 10.1. The van der Waals surface area contributed by atoms with Crippen LogP contribution in [0.3, 0.4) is 0 Å². The van der Waals surface area contributed by atoms with Crippen LogP contribution in [0.15, 0.2) is 108 Å². The highest BCUT2D eigenvalue weighted by atomic mass is 32.2. The molecule has 2 N–H and O–H groups in total. The van der Waals surface area contributed by atoms with Crippen molar-refractivity contribution in [3.05, 3.63) is 131 Å². The molecular weight excluding hydrogens is 625 g/mol. The van der Waals surface area contributed by atoms with Crippen LogP contribution in [0.25, 0.3) is 6.08 Å². The molecule has 3 amide bonds. The molecule has 0 unspecified atom stereocenters. The number of thioether (sulfide) groups is 1. The fraction of sp³-hybridized carbons (Fsp3) is 0.184. The predicted octanol–water partition coefficient (Wildman–Crippen LogP) is 7.03. The molecule has 4 aromatic carbocycles. The minimum absolute atomic E-state index is 0.0528. The van der Waals surface area contributed by atoms with Crippen molar-refractivity contribution in [3.63, 3.8) is 0 Å². The van der Waals surface area contributed by atoms with Gasteiger partial charge in [0.05, 0.1) is 17.0 Å². The van der Waals surface area contributed by atoms with Gasteiger partial charge in [-0.15, -0.1) is 0 Å². The normalized spacial score (nSPS) is 13.3. The lowest BCUT2D eigenvalue weighted by Crippen LogP contribution is -2.31. The number of rotatable bonds is 11. The van der Waals surface area contributed by atoms with Gasteiger partial charge in [0.15, 0.2) is 11.8 Å². The topological polar surface area (TPSA) is 117 Å². The Hall–Kier alpha value is -5.48. The average Bonchev–Trinajstić information content (AvgIpc) is 3.41. The molecule has 0 spiro atoms. The lowest BCUT2D eigenvalue weighted by molar-refractivity contribution is -0.119. The Bertz CT molecular complexity index is 1850. The Kier molecular flexibility index (Phi) is 11.2. The third-order valence-corrected chi connectivity index (χ3v) is 8.47. The molecule has 9 nitrogen and oxygen atoms in total. The Morgan fingerprint density at radius 1 is 0.771 bits per heavy atom. The molecule has 0 aliphatic carbocycles. The summed E-state index contributed by atoms with van der Waals surface area (Å²) < 4.78 is 5.19. The molecule has 0 bridgehead atoms. The van der Waals surface area contributed by atoms with Gasteiger partial charge in [-0.25, -0.2) is 9.79 Å². The molecular formula is C38H36N4O5S. The first-order chi connectivity index (χ1) is 23.2. The number of nitrogens with one attached hydrogen (secondary N) is 2. The number of amidine groups is 1. The van der Waals surface area contributed by atoms with Gasteiger partial charge in [-0.1, -0.05) is 79.7 Å². The van der Waals surface area contributed by atoms with Gasteiger partial charge in [0.2, 0.25) is 5.91 Å². The van der Waals surface area contributed by atoms with Crippen LogP contribution in [0.2, 0.25) is 0 Å². The first-order valence-corrected chi connectivity index (χ1v) is 16.6. The van der Waals surface area contributed by atoms with Gasteiger partial charge < -0.3 is 15.4 Å². The van der Waals surface area contributed by atoms with Crippen molar-refractivity contribution >= 4 is 63.8 Å². The van der Waals surface area contributed by atoms with Crippen LogP contribution in [0.4, 0.5) is 17.1 Å². The fourth-order valence-electron chi connectivity index (χ4n) is 4.77. The maximum atomic E-state index is 13.6. The highest BCUT2D eigenvalue weighted by molar-refractivity contribution is 8.14. The second-order valence-electron chi connectivity index (χ2n) is 11.1. The lowest BCUT2D eigenvalue weighted by Gasteiger charge is -2.18. The summed E-state index contributed by atoms with van der Waals surface area (Å²) in [6, 6.07) is 29.1. The van der Waals surface area contributed by atoms with E-state index >= 15 is 0 Å². The molecule has 0 aromatic heterocycles. The highest BCUT2D eigenvalue weighted by Gasteiger charge is 2.32. The van der Waals surface area contributed by atoms with E-state index in [1.165, 1.54) is 22.2 Å². The molecule has 0 saturated heterocycles. The van der Waals surface area contributed by atoms with Gasteiger partial charge in [0.25, 0.3) is 11.8 Å². The number of aryl methyl sites for hydroxylation is 3. The van der Waals surface area contributed by atoms with E-state index in [1.807, 2.05) is 74.5 Å². The molecule has 0 atom stereocenters. The summed E-state index contributed by atoms with van der Waals surface area (Å²) in [5, 5.41) is 5.98. The van der Waals surface area contributed by atoms with Gasteiger partial charge >= 0.3 is 5.97 Å². The van der Waals surface area contributed by atoms with Crippen LogP contribution in [0.1, 0.15) is 46.5 Å². The Balaban J connectivity index is 1.23. The minimum Gasteiger partial charge on any atom is -0.452 e. The van der Waals surface area contributed by atoms with Crippen LogP contribution in [0, 0.1) is 6.92 Å². The zero-order valence-electron chi connectivity index (χ0n) is 27.0. The average molecular weight is 661 g/mol. The maximum absolute atomic E-state index is 13.6. The number of amides is 3. The van der Waals surface area contributed by atoms with Crippen molar-refractivity contribution < 1.29 is 23.9 Å². The fourth-order valence-corrected chi connectivity index (χ4v) is 5.59. The van der Waals surface area contributed by atoms with Gasteiger partial charge in [-0.2, -0.15) is 0 Å². The number of carbonyl (C=O) groups is 4. The summed E-state index contributed by atoms with van der Waals surface area (Å²) in [7, 11) is 0. The maximum Gasteiger partial charge on any atom is 0.338 e. The van der Waals surface area contributed by atoms with Crippen molar-refractivity contribution in [1.29, 1.82) is 0 Å². The van der Waals surface area contributed by atoms with E-state index in [2.05, 4.69) is 22.5 Å². The van der Waals surface area contributed by atoms with Gasteiger partial charge in [-0.3, -0.25) is 19.3 Å². The molecule has 4 aromatic rings. The Labute approximate surface area is 284 Å². The van der Waals surface area contributed by atoms with E-state index in [0.717, 1.165) is 24.0 Å². The zero-order chi connectivity index (χ0) is 34.0. The van der Waals surface area contributed by atoms with Crippen molar-refractivity contribution in [2.24, 2.45) is 4.99 Å². The standard InChI is InChI=1S/C38H36N4O5S/c1-4-26-10-16-30(17-11-26)39-34(43)23-47-37(46)29-14-8-28(9-15-29)22-33-36(45)42(32-20-6-25(3)7-21-32)38(41-33)48-24-35(44)40-31-18-12-27(5-2)13-19-31/h6-22H,4-5,23-24H2,1-3H3,(H,39,43)(H,40,44)/b33-22-. The number of nitrogens with zero attached hydrogens (tertiary/aromatic N) is 2. The molecule has 244 valence electrons. The monoisotopic (exact) mass is 660 g/mol. The number of benzene rings is 4. The number of anilines is 3. The van der Waals surface area contributed by atoms with Gasteiger partial charge in [0, 0.05) is 11.4 Å². The number of carbonyl (C=O) groups excluding carboxylic acids is 4. The summed E-state index contributed by atoms with van der Waals surface area (Å²) in [6.45, 7) is 5.65. The van der Waals surface area contributed by atoms with Crippen LogP contribution in [-0.4, -0.2) is 41.2 Å². The molecule has 1 heterocycles. The minimum atomic E-state index is -0.649. The van der Waals surface area contributed by atoms with Gasteiger partial charge in [-0.05, 0) is 91.1 Å². The second-order valence-corrected chi connectivity index (χ2v) is 12.0. The van der Waals surface area contributed by atoms with E-state index < -0.39 is 18.5 Å². The first kappa shape index (κ1) is 33.9. The van der Waals surface area contributed by atoms with E-state index in [1.54, 1.807) is 42.5 Å².